The molecule has 0 aromatic heterocycles. The predicted octanol–water partition coefficient (Wildman–Crippen LogP) is 1.55. The molecule has 1 aliphatic heterocycles. The Labute approximate surface area is 98.5 Å². The van der Waals surface area contributed by atoms with E-state index in [1.165, 1.54) is 12.8 Å². The molecule has 5 heteroatoms. The minimum absolute atomic E-state index is 0.00870. The van der Waals surface area contributed by atoms with Gasteiger partial charge < -0.3 is 18.3 Å². The standard InChI is InChI=1S/C11H22O4Si/c1-9(12-2)16(13-3,14-4)11-8-6-5-7-10(11)15-11/h9-10H,5-8H2,1-4H3. The second-order valence-electron chi connectivity index (χ2n) is 4.70. The Balaban J connectivity index is 2.25. The van der Waals surface area contributed by atoms with E-state index >= 15 is 0 Å². The summed E-state index contributed by atoms with van der Waals surface area (Å²) in [6.07, 6.45) is 4.99. The van der Waals surface area contributed by atoms with E-state index in [9.17, 15) is 0 Å². The van der Waals surface area contributed by atoms with Gasteiger partial charge in [0.2, 0.25) is 0 Å². The van der Waals surface area contributed by atoms with Gasteiger partial charge >= 0.3 is 8.56 Å². The minimum atomic E-state index is -2.44. The fourth-order valence-electron chi connectivity index (χ4n) is 3.19. The molecule has 1 saturated carbocycles. The maximum Gasteiger partial charge on any atom is 0.403 e. The van der Waals surface area contributed by atoms with Gasteiger partial charge in [-0.05, 0) is 19.8 Å². The van der Waals surface area contributed by atoms with E-state index < -0.39 is 8.56 Å². The summed E-state index contributed by atoms with van der Waals surface area (Å²) < 4.78 is 23.0. The van der Waals surface area contributed by atoms with Crippen molar-refractivity contribution < 1.29 is 18.3 Å². The number of epoxide rings is 1. The monoisotopic (exact) mass is 246 g/mol. The van der Waals surface area contributed by atoms with Crippen LogP contribution in [0.1, 0.15) is 32.6 Å². The zero-order valence-corrected chi connectivity index (χ0v) is 11.6. The second kappa shape index (κ2) is 4.38. The highest BCUT2D eigenvalue weighted by Crippen LogP contribution is 2.54. The fourth-order valence-corrected chi connectivity index (χ4v) is 7.13. The summed E-state index contributed by atoms with van der Waals surface area (Å²) in [4.78, 5) is 0. The van der Waals surface area contributed by atoms with Gasteiger partial charge in [-0.15, -0.1) is 0 Å². The first-order valence-corrected chi connectivity index (χ1v) is 7.87. The van der Waals surface area contributed by atoms with Crippen molar-refractivity contribution in [3.05, 3.63) is 0 Å². The van der Waals surface area contributed by atoms with Gasteiger partial charge in [0.1, 0.15) is 11.0 Å². The van der Waals surface area contributed by atoms with Crippen molar-refractivity contribution in [2.45, 2.75) is 49.7 Å². The number of methoxy groups -OCH3 is 1. The highest BCUT2D eigenvalue weighted by atomic mass is 28.4. The molecule has 1 aliphatic carbocycles. The molecule has 4 nitrogen and oxygen atoms in total. The lowest BCUT2D eigenvalue weighted by atomic mass is 10.0. The smallest absolute Gasteiger partial charge is 0.394 e. The molecule has 1 saturated heterocycles. The largest absolute Gasteiger partial charge is 0.403 e. The average molecular weight is 246 g/mol. The van der Waals surface area contributed by atoms with Gasteiger partial charge in [0.05, 0.1) is 6.10 Å². The minimum Gasteiger partial charge on any atom is -0.394 e. The van der Waals surface area contributed by atoms with E-state index in [1.807, 2.05) is 6.92 Å². The zero-order valence-electron chi connectivity index (χ0n) is 10.6. The van der Waals surface area contributed by atoms with Gasteiger partial charge in [-0.25, -0.2) is 0 Å². The molecule has 94 valence electrons. The van der Waals surface area contributed by atoms with Crippen LogP contribution in [-0.4, -0.2) is 46.9 Å². The van der Waals surface area contributed by atoms with Gasteiger partial charge in [-0.3, -0.25) is 0 Å². The van der Waals surface area contributed by atoms with Crippen LogP contribution in [0.15, 0.2) is 0 Å². The van der Waals surface area contributed by atoms with E-state index in [1.54, 1.807) is 21.3 Å². The first-order chi connectivity index (χ1) is 7.66. The fraction of sp³-hybridized carbons (Fsp3) is 1.00. The van der Waals surface area contributed by atoms with Crippen LogP contribution in [0.5, 0.6) is 0 Å². The molecule has 0 radical (unpaired) electrons. The third kappa shape index (κ3) is 1.49. The van der Waals surface area contributed by atoms with Crippen LogP contribution in [0.3, 0.4) is 0 Å². The lowest BCUT2D eigenvalue weighted by Gasteiger charge is -2.38. The Morgan fingerprint density at radius 2 is 1.94 bits per heavy atom. The van der Waals surface area contributed by atoms with E-state index in [2.05, 4.69) is 0 Å². The third-order valence-electron chi connectivity index (χ3n) is 4.17. The van der Waals surface area contributed by atoms with Gasteiger partial charge in [0, 0.05) is 21.3 Å². The lowest BCUT2D eigenvalue weighted by molar-refractivity contribution is 0.0854. The van der Waals surface area contributed by atoms with Crippen LogP contribution in [0.4, 0.5) is 0 Å². The van der Waals surface area contributed by atoms with Gasteiger partial charge in [-0.2, -0.15) is 0 Å². The predicted molar refractivity (Wildman–Crippen MR) is 62.3 cm³/mol. The molecule has 3 unspecified atom stereocenters. The van der Waals surface area contributed by atoms with Crippen LogP contribution in [0.2, 0.25) is 0 Å². The van der Waals surface area contributed by atoms with E-state index in [-0.39, 0.29) is 11.0 Å². The lowest BCUT2D eigenvalue weighted by Crippen LogP contribution is -2.64. The van der Waals surface area contributed by atoms with E-state index in [0.29, 0.717) is 6.10 Å². The van der Waals surface area contributed by atoms with Crippen LogP contribution in [0, 0.1) is 0 Å². The molecule has 3 atom stereocenters. The summed E-state index contributed by atoms with van der Waals surface area (Å²) in [5.41, 5.74) is -0.00870. The van der Waals surface area contributed by atoms with Crippen LogP contribution in [0.25, 0.3) is 0 Å². The maximum atomic E-state index is 5.97. The Hall–Kier alpha value is 0.0569. The SMILES string of the molecule is COC(C)[Si](OC)(OC)C12CCCCC1O2. The molecular weight excluding hydrogens is 224 g/mol. The van der Waals surface area contributed by atoms with Crippen LogP contribution < -0.4 is 0 Å². The highest BCUT2D eigenvalue weighted by molar-refractivity contribution is 6.72. The molecule has 0 N–H and O–H groups in total. The molecular formula is C11H22O4Si. The molecule has 2 aliphatic rings. The highest BCUT2D eigenvalue weighted by Gasteiger charge is 2.75. The molecule has 0 spiro atoms. The summed E-state index contributed by atoms with van der Waals surface area (Å²) in [6, 6.07) is 0. The normalized spacial score (nSPS) is 35.6. The van der Waals surface area contributed by atoms with Crippen molar-refractivity contribution in [1.29, 1.82) is 0 Å². The molecule has 0 aromatic carbocycles. The quantitative estimate of drug-likeness (QED) is 0.545. The van der Waals surface area contributed by atoms with Gasteiger partial charge in [-0.1, -0.05) is 12.8 Å². The number of hydrogen-bond donors (Lipinski definition) is 0. The Kier molecular flexibility index (Phi) is 3.43. The van der Waals surface area contributed by atoms with Crippen LogP contribution in [-0.2, 0) is 18.3 Å². The average Bonchev–Trinajstić information content (AvgIpc) is 3.06. The van der Waals surface area contributed by atoms with Crippen molar-refractivity contribution in [2.24, 2.45) is 0 Å². The first-order valence-electron chi connectivity index (χ1n) is 5.98. The number of ether oxygens (including phenoxy) is 2. The van der Waals surface area contributed by atoms with Crippen molar-refractivity contribution in [3.8, 4) is 0 Å². The van der Waals surface area contributed by atoms with Crippen molar-refractivity contribution in [1.82, 2.24) is 0 Å². The Morgan fingerprint density at radius 1 is 1.25 bits per heavy atom. The zero-order chi connectivity index (χ0) is 11.8. The van der Waals surface area contributed by atoms with E-state index in [0.717, 1.165) is 12.8 Å². The number of rotatable bonds is 5. The molecule has 2 rings (SSSR count). The van der Waals surface area contributed by atoms with Crippen molar-refractivity contribution in [3.63, 3.8) is 0 Å². The second-order valence-corrected chi connectivity index (χ2v) is 8.51. The summed E-state index contributed by atoms with van der Waals surface area (Å²) in [5, 5.41) is -0.149. The summed E-state index contributed by atoms with van der Waals surface area (Å²) >= 11 is 0. The first kappa shape index (κ1) is 12.5. The van der Waals surface area contributed by atoms with Crippen LogP contribution >= 0.6 is 0 Å². The molecule has 16 heavy (non-hydrogen) atoms. The molecule has 0 aromatic rings. The number of hydrogen-bond acceptors (Lipinski definition) is 4. The summed E-state index contributed by atoms with van der Waals surface area (Å²) in [6.45, 7) is 2.03. The van der Waals surface area contributed by atoms with Crippen molar-refractivity contribution in [2.75, 3.05) is 21.3 Å². The summed E-state index contributed by atoms with van der Waals surface area (Å²) in [5.74, 6) is 0. The van der Waals surface area contributed by atoms with Gasteiger partial charge in [0.15, 0.2) is 0 Å². The molecule has 0 bridgehead atoms. The van der Waals surface area contributed by atoms with E-state index in [4.69, 9.17) is 18.3 Å². The maximum absolute atomic E-state index is 5.97. The summed E-state index contributed by atoms with van der Waals surface area (Å²) in [7, 11) is 2.73. The Morgan fingerprint density at radius 3 is 2.44 bits per heavy atom. The number of fused-ring (bicyclic) bond motifs is 1. The van der Waals surface area contributed by atoms with Crippen molar-refractivity contribution >= 4 is 8.56 Å². The molecule has 0 amide bonds. The van der Waals surface area contributed by atoms with Gasteiger partial charge in [0.25, 0.3) is 0 Å². The topological polar surface area (TPSA) is 40.2 Å². The Bertz CT molecular complexity index is 256. The molecule has 1 heterocycles. The third-order valence-corrected chi connectivity index (χ3v) is 8.55. The molecule has 2 fully saturated rings.